The van der Waals surface area contributed by atoms with Gasteiger partial charge in [0.1, 0.15) is 0 Å². The molecule has 1 amide bonds. The summed E-state index contributed by atoms with van der Waals surface area (Å²) < 4.78 is 0. The second-order valence-electron chi connectivity index (χ2n) is 5.82. The van der Waals surface area contributed by atoms with Crippen LogP contribution < -0.4 is 5.32 Å². The lowest BCUT2D eigenvalue weighted by molar-refractivity contribution is -0.119. The van der Waals surface area contributed by atoms with Crippen LogP contribution in [0, 0.1) is 6.92 Å². The van der Waals surface area contributed by atoms with Crippen LogP contribution in [0.1, 0.15) is 29.8 Å². The van der Waals surface area contributed by atoms with Crippen molar-refractivity contribution in [1.29, 1.82) is 0 Å². The average molecular weight is 304 g/mol. The molecule has 0 bridgehead atoms. The molecule has 3 aromatic rings. The summed E-state index contributed by atoms with van der Waals surface area (Å²) in [6, 6.07) is 20.2. The highest BCUT2D eigenvalue weighted by molar-refractivity contribution is 5.82. The number of para-hydroxylation sites is 1. The second-order valence-corrected chi connectivity index (χ2v) is 5.82. The van der Waals surface area contributed by atoms with Gasteiger partial charge in [0.15, 0.2) is 0 Å². The van der Waals surface area contributed by atoms with Gasteiger partial charge in [-0.2, -0.15) is 0 Å². The smallest absolute Gasteiger partial charge is 0.217 e. The molecular weight excluding hydrogens is 284 g/mol. The maximum atomic E-state index is 11.6. The minimum atomic E-state index is -0.127. The number of carbonyl (C=O) groups excluding carboxylic acids is 1. The molecule has 2 aromatic carbocycles. The number of hydrogen-bond acceptors (Lipinski definition) is 2. The van der Waals surface area contributed by atoms with Crippen LogP contribution in [0.3, 0.4) is 0 Å². The molecule has 0 spiro atoms. The van der Waals surface area contributed by atoms with Crippen LogP contribution in [0.4, 0.5) is 0 Å². The lowest BCUT2D eigenvalue weighted by Crippen LogP contribution is -2.28. The summed E-state index contributed by atoms with van der Waals surface area (Å²) in [6.45, 7) is 3.63. The van der Waals surface area contributed by atoms with Gasteiger partial charge in [-0.3, -0.25) is 9.78 Å². The molecule has 3 rings (SSSR count). The molecule has 1 aromatic heterocycles. The summed E-state index contributed by atoms with van der Waals surface area (Å²) in [5.74, 6) is -0.0430. The fourth-order valence-corrected chi connectivity index (χ4v) is 2.88. The van der Waals surface area contributed by atoms with Crippen LogP contribution in [0.5, 0.6) is 0 Å². The topological polar surface area (TPSA) is 42.0 Å². The summed E-state index contributed by atoms with van der Waals surface area (Å²) in [6.07, 6.45) is 0.727. The fourth-order valence-electron chi connectivity index (χ4n) is 2.88. The molecule has 0 unspecified atom stereocenters. The van der Waals surface area contributed by atoms with E-state index in [9.17, 15) is 4.79 Å². The monoisotopic (exact) mass is 304 g/mol. The molecule has 0 saturated carbocycles. The van der Waals surface area contributed by atoms with Gasteiger partial charge >= 0.3 is 0 Å². The Morgan fingerprint density at radius 3 is 2.52 bits per heavy atom. The van der Waals surface area contributed by atoms with Crippen LogP contribution in [-0.2, 0) is 11.2 Å². The zero-order chi connectivity index (χ0) is 16.2. The van der Waals surface area contributed by atoms with Gasteiger partial charge in [-0.1, -0.05) is 48.5 Å². The number of pyridine rings is 1. The van der Waals surface area contributed by atoms with E-state index >= 15 is 0 Å². The first-order chi connectivity index (χ1) is 11.1. The third kappa shape index (κ3) is 3.57. The molecule has 3 nitrogen and oxygen atoms in total. The fraction of sp³-hybridized carbons (Fsp3) is 0.200. The van der Waals surface area contributed by atoms with Gasteiger partial charge in [0.25, 0.3) is 0 Å². The van der Waals surface area contributed by atoms with Crippen LogP contribution in [0.2, 0.25) is 0 Å². The molecule has 0 saturated heterocycles. The predicted octanol–water partition coefficient (Wildman–Crippen LogP) is 3.96. The van der Waals surface area contributed by atoms with Crippen molar-refractivity contribution in [1.82, 2.24) is 10.3 Å². The third-order valence-corrected chi connectivity index (χ3v) is 3.96. The van der Waals surface area contributed by atoms with E-state index in [4.69, 9.17) is 4.98 Å². The highest BCUT2D eigenvalue weighted by Gasteiger charge is 2.16. The van der Waals surface area contributed by atoms with Gasteiger partial charge in [0, 0.05) is 12.3 Å². The van der Waals surface area contributed by atoms with Crippen LogP contribution in [0.15, 0.2) is 60.7 Å². The molecule has 0 aliphatic carbocycles. The van der Waals surface area contributed by atoms with E-state index in [-0.39, 0.29) is 11.9 Å². The van der Waals surface area contributed by atoms with Crippen molar-refractivity contribution in [2.24, 2.45) is 0 Å². The van der Waals surface area contributed by atoms with Crippen LogP contribution in [0.25, 0.3) is 10.9 Å². The Bertz CT molecular complexity index is 827. The van der Waals surface area contributed by atoms with Crippen molar-refractivity contribution in [2.75, 3.05) is 0 Å². The van der Waals surface area contributed by atoms with Gasteiger partial charge < -0.3 is 5.32 Å². The first-order valence-electron chi connectivity index (χ1n) is 7.81. The van der Waals surface area contributed by atoms with Crippen LogP contribution >= 0.6 is 0 Å². The SMILES string of the molecule is CC(=O)N[C@H](Cc1ccccc1)c1cc(C)c2ccccc2n1. The average Bonchev–Trinajstić information content (AvgIpc) is 2.55. The van der Waals surface area contributed by atoms with Gasteiger partial charge in [0.05, 0.1) is 17.3 Å². The number of carbonyl (C=O) groups is 1. The highest BCUT2D eigenvalue weighted by atomic mass is 16.1. The molecule has 0 radical (unpaired) electrons. The summed E-state index contributed by atoms with van der Waals surface area (Å²) in [5, 5.41) is 4.19. The quantitative estimate of drug-likeness (QED) is 0.792. The first kappa shape index (κ1) is 15.2. The molecule has 0 aliphatic rings. The lowest BCUT2D eigenvalue weighted by Gasteiger charge is -2.19. The normalized spacial score (nSPS) is 12.1. The van der Waals surface area contributed by atoms with E-state index in [0.29, 0.717) is 0 Å². The molecule has 116 valence electrons. The highest BCUT2D eigenvalue weighted by Crippen LogP contribution is 2.23. The Morgan fingerprint density at radius 2 is 1.78 bits per heavy atom. The van der Waals surface area contributed by atoms with Crippen molar-refractivity contribution in [3.05, 3.63) is 77.5 Å². The zero-order valence-corrected chi connectivity index (χ0v) is 13.4. The number of nitrogens with zero attached hydrogens (tertiary/aromatic N) is 1. The Balaban J connectivity index is 2.00. The standard InChI is InChI=1S/C20H20N2O/c1-14-12-19(22-18-11-7-6-10-17(14)18)20(21-15(2)23)13-16-8-4-3-5-9-16/h3-12,20H,13H2,1-2H3,(H,21,23)/t20-/m1/s1. The molecule has 3 heteroatoms. The molecule has 0 fully saturated rings. The number of amides is 1. The van der Waals surface area contributed by atoms with Gasteiger partial charge in [-0.05, 0) is 36.6 Å². The summed E-state index contributed by atoms with van der Waals surface area (Å²) in [4.78, 5) is 16.4. The van der Waals surface area contributed by atoms with Crippen molar-refractivity contribution < 1.29 is 4.79 Å². The number of aromatic nitrogens is 1. The number of hydrogen-bond donors (Lipinski definition) is 1. The van der Waals surface area contributed by atoms with Gasteiger partial charge in [-0.25, -0.2) is 0 Å². The molecule has 1 atom stereocenters. The number of fused-ring (bicyclic) bond motifs is 1. The van der Waals surface area contributed by atoms with Gasteiger partial charge in [0.2, 0.25) is 5.91 Å². The van der Waals surface area contributed by atoms with E-state index in [1.165, 1.54) is 11.1 Å². The molecule has 23 heavy (non-hydrogen) atoms. The maximum Gasteiger partial charge on any atom is 0.217 e. The molecular formula is C20H20N2O. The molecule has 0 aliphatic heterocycles. The Hall–Kier alpha value is -2.68. The first-order valence-corrected chi connectivity index (χ1v) is 7.81. The Morgan fingerprint density at radius 1 is 1.09 bits per heavy atom. The van der Waals surface area contributed by atoms with Gasteiger partial charge in [-0.15, -0.1) is 0 Å². The van der Waals surface area contributed by atoms with Crippen molar-refractivity contribution in [2.45, 2.75) is 26.3 Å². The predicted molar refractivity (Wildman–Crippen MR) is 93.2 cm³/mol. The summed E-state index contributed by atoms with van der Waals surface area (Å²) >= 11 is 0. The number of nitrogens with one attached hydrogen (secondary N) is 1. The van der Waals surface area contributed by atoms with Crippen molar-refractivity contribution in [3.63, 3.8) is 0 Å². The van der Waals surface area contributed by atoms with Crippen LogP contribution in [-0.4, -0.2) is 10.9 Å². The maximum absolute atomic E-state index is 11.6. The van der Waals surface area contributed by atoms with E-state index in [1.807, 2.05) is 36.4 Å². The minimum absolute atomic E-state index is 0.0430. The van der Waals surface area contributed by atoms with Crippen molar-refractivity contribution >= 4 is 16.8 Å². The minimum Gasteiger partial charge on any atom is -0.348 e. The summed E-state index contributed by atoms with van der Waals surface area (Å²) in [7, 11) is 0. The summed E-state index contributed by atoms with van der Waals surface area (Å²) in [5.41, 5.74) is 4.22. The third-order valence-electron chi connectivity index (χ3n) is 3.96. The largest absolute Gasteiger partial charge is 0.348 e. The Labute approximate surface area is 136 Å². The second kappa shape index (κ2) is 6.61. The van der Waals surface area contributed by atoms with E-state index in [1.54, 1.807) is 6.92 Å². The zero-order valence-electron chi connectivity index (χ0n) is 13.4. The molecule has 1 heterocycles. The lowest BCUT2D eigenvalue weighted by atomic mass is 10.00. The Kier molecular flexibility index (Phi) is 4.38. The molecule has 1 N–H and O–H groups in total. The number of rotatable bonds is 4. The number of aryl methyl sites for hydroxylation is 1. The van der Waals surface area contributed by atoms with E-state index in [2.05, 4.69) is 36.5 Å². The van der Waals surface area contributed by atoms with Crippen molar-refractivity contribution in [3.8, 4) is 0 Å². The number of benzene rings is 2. The van der Waals surface area contributed by atoms with E-state index < -0.39 is 0 Å². The van der Waals surface area contributed by atoms with E-state index in [0.717, 1.165) is 23.0 Å².